The lowest BCUT2D eigenvalue weighted by Crippen LogP contribution is -2.56. The molecule has 34 heavy (non-hydrogen) atoms. The fraction of sp³-hybridized carbons (Fsp3) is 0.654. The van der Waals surface area contributed by atoms with Crippen LogP contribution >= 0.6 is 0 Å². The number of nitrogens with one attached hydrogen (secondary N) is 1. The summed E-state index contributed by atoms with van der Waals surface area (Å²) in [5.74, 6) is 0.00963. The van der Waals surface area contributed by atoms with E-state index in [1.807, 2.05) is 0 Å². The molecule has 1 aromatic carbocycles. The van der Waals surface area contributed by atoms with Crippen molar-refractivity contribution in [3.63, 3.8) is 0 Å². The monoisotopic (exact) mass is 472 g/mol. The van der Waals surface area contributed by atoms with E-state index in [0.29, 0.717) is 23.3 Å². The highest BCUT2D eigenvalue weighted by Crippen LogP contribution is 2.60. The standard InChI is InChI=1S/C26H33FN2O5/c1-14-3-4-19(8-21(14)27)28-23(31)15(2)34-24(32)22-9-20(30)13-29(22)25(33)26-10-16-5-17(11-26)7-18(6-16)12-26/h3-4,8,15-18,20,22,30H,5-7,9-13H2,1-2H3,(H,28,31)/t15-,16?,17?,18?,20+,22+,26?/m1/s1. The summed E-state index contributed by atoms with van der Waals surface area (Å²) >= 11 is 0. The molecule has 6 rings (SSSR count). The van der Waals surface area contributed by atoms with Crippen LogP contribution in [0.5, 0.6) is 0 Å². The Hall–Kier alpha value is -2.48. The number of ether oxygens (including phenoxy) is 1. The Kier molecular flexibility index (Phi) is 5.91. The molecule has 184 valence electrons. The second kappa shape index (κ2) is 8.63. The maximum absolute atomic E-state index is 13.8. The first-order chi connectivity index (χ1) is 16.1. The van der Waals surface area contributed by atoms with Gasteiger partial charge >= 0.3 is 5.97 Å². The van der Waals surface area contributed by atoms with Crippen LogP contribution in [0, 0.1) is 35.9 Å². The van der Waals surface area contributed by atoms with E-state index in [1.165, 1.54) is 37.2 Å². The van der Waals surface area contributed by atoms with Gasteiger partial charge in [0.1, 0.15) is 11.9 Å². The Balaban J connectivity index is 1.25. The number of aliphatic hydroxyl groups excluding tert-OH is 1. The van der Waals surface area contributed by atoms with Crippen LogP contribution < -0.4 is 5.32 Å². The molecule has 0 aromatic heterocycles. The van der Waals surface area contributed by atoms with Gasteiger partial charge in [0.2, 0.25) is 5.91 Å². The highest BCUT2D eigenvalue weighted by molar-refractivity contribution is 5.96. The third-order valence-corrected chi connectivity index (χ3v) is 8.41. The van der Waals surface area contributed by atoms with Crippen molar-refractivity contribution in [3.05, 3.63) is 29.6 Å². The molecule has 0 radical (unpaired) electrons. The SMILES string of the molecule is Cc1ccc(NC(=O)[C@@H](C)OC(=O)[C@@H]2C[C@H](O)CN2C(=O)C23CC4CC(CC(C4)C2)C3)cc1F. The molecular formula is C26H33FN2O5. The van der Waals surface area contributed by atoms with E-state index in [9.17, 15) is 23.9 Å². The number of anilines is 1. The summed E-state index contributed by atoms with van der Waals surface area (Å²) in [6.45, 7) is 3.18. The van der Waals surface area contributed by atoms with Crippen LogP contribution in [0.4, 0.5) is 10.1 Å². The molecule has 2 amide bonds. The Morgan fingerprint density at radius 1 is 1.12 bits per heavy atom. The van der Waals surface area contributed by atoms with Crippen molar-refractivity contribution < 1.29 is 28.6 Å². The minimum Gasteiger partial charge on any atom is -0.451 e. The van der Waals surface area contributed by atoms with Crippen molar-refractivity contribution in [2.45, 2.75) is 77.0 Å². The maximum atomic E-state index is 13.8. The van der Waals surface area contributed by atoms with Crippen LogP contribution in [0.15, 0.2) is 18.2 Å². The second-order valence-electron chi connectivity index (χ2n) is 11.1. The molecular weight excluding hydrogens is 439 g/mol. The highest BCUT2D eigenvalue weighted by atomic mass is 19.1. The fourth-order valence-corrected chi connectivity index (χ4v) is 7.16. The summed E-state index contributed by atoms with van der Waals surface area (Å²) in [6.07, 6.45) is 4.41. The number of hydrogen-bond donors (Lipinski definition) is 2. The minimum atomic E-state index is -1.13. The van der Waals surface area contributed by atoms with Crippen LogP contribution in [0.25, 0.3) is 0 Å². The number of aliphatic hydroxyl groups is 1. The molecule has 1 saturated heterocycles. The van der Waals surface area contributed by atoms with E-state index in [1.54, 1.807) is 19.1 Å². The summed E-state index contributed by atoms with van der Waals surface area (Å²) in [5.41, 5.74) is 0.308. The zero-order valence-corrected chi connectivity index (χ0v) is 19.8. The smallest absolute Gasteiger partial charge is 0.329 e. The van der Waals surface area contributed by atoms with Crippen molar-refractivity contribution in [2.24, 2.45) is 23.2 Å². The Morgan fingerprint density at radius 3 is 2.32 bits per heavy atom. The molecule has 5 aliphatic rings. The number of nitrogens with zero attached hydrogens (tertiary/aromatic N) is 1. The average molecular weight is 473 g/mol. The number of benzene rings is 1. The summed E-state index contributed by atoms with van der Waals surface area (Å²) in [4.78, 5) is 40.8. The molecule has 3 atom stereocenters. The van der Waals surface area contributed by atoms with E-state index >= 15 is 0 Å². The number of likely N-dealkylation sites (tertiary alicyclic amines) is 1. The minimum absolute atomic E-state index is 0.0302. The van der Waals surface area contributed by atoms with Crippen molar-refractivity contribution in [2.75, 3.05) is 11.9 Å². The number of rotatable bonds is 5. The highest BCUT2D eigenvalue weighted by Gasteiger charge is 2.57. The number of amides is 2. The van der Waals surface area contributed by atoms with Crippen LogP contribution in [0.1, 0.15) is 57.4 Å². The predicted octanol–water partition coefficient (Wildman–Crippen LogP) is 3.18. The zero-order chi connectivity index (χ0) is 24.2. The zero-order valence-electron chi connectivity index (χ0n) is 19.8. The van der Waals surface area contributed by atoms with Gasteiger partial charge in [-0.2, -0.15) is 0 Å². The maximum Gasteiger partial charge on any atom is 0.329 e. The van der Waals surface area contributed by atoms with Gasteiger partial charge in [0, 0.05) is 18.7 Å². The number of esters is 1. The lowest BCUT2D eigenvalue weighted by molar-refractivity contribution is -0.168. The molecule has 4 saturated carbocycles. The second-order valence-corrected chi connectivity index (χ2v) is 11.1. The Labute approximate surface area is 199 Å². The van der Waals surface area contributed by atoms with Gasteiger partial charge in [0.15, 0.2) is 6.10 Å². The predicted molar refractivity (Wildman–Crippen MR) is 122 cm³/mol. The van der Waals surface area contributed by atoms with Gasteiger partial charge in [-0.25, -0.2) is 9.18 Å². The number of halogens is 1. The first kappa shape index (κ1) is 23.3. The van der Waals surface area contributed by atoms with Crippen molar-refractivity contribution >= 4 is 23.5 Å². The number of carbonyl (C=O) groups is 3. The van der Waals surface area contributed by atoms with Gasteiger partial charge in [-0.1, -0.05) is 6.07 Å². The molecule has 7 nitrogen and oxygen atoms in total. The van der Waals surface area contributed by atoms with Crippen molar-refractivity contribution in [1.29, 1.82) is 0 Å². The van der Waals surface area contributed by atoms with E-state index in [-0.39, 0.29) is 24.6 Å². The molecule has 0 spiro atoms. The topological polar surface area (TPSA) is 95.9 Å². The number of carbonyl (C=O) groups excluding carboxylic acids is 3. The number of β-amino-alcohol motifs (C(OH)–C–C–N with tert-alkyl or cyclic N) is 1. The Bertz CT molecular complexity index is 976. The summed E-state index contributed by atoms with van der Waals surface area (Å²) in [6, 6.07) is 3.43. The van der Waals surface area contributed by atoms with Gasteiger partial charge in [-0.3, -0.25) is 9.59 Å². The number of aryl methyl sites for hydroxylation is 1. The summed E-state index contributed by atoms with van der Waals surface area (Å²) in [7, 11) is 0. The fourth-order valence-electron chi connectivity index (χ4n) is 7.16. The summed E-state index contributed by atoms with van der Waals surface area (Å²) < 4.78 is 19.2. The first-order valence-corrected chi connectivity index (χ1v) is 12.4. The Morgan fingerprint density at radius 2 is 1.74 bits per heavy atom. The van der Waals surface area contributed by atoms with Crippen LogP contribution in [-0.4, -0.2) is 52.6 Å². The molecule has 4 bridgehead atoms. The van der Waals surface area contributed by atoms with E-state index in [2.05, 4.69) is 5.32 Å². The van der Waals surface area contributed by atoms with Crippen LogP contribution in [-0.2, 0) is 19.1 Å². The molecule has 1 heterocycles. The van der Waals surface area contributed by atoms with E-state index < -0.39 is 41.4 Å². The molecule has 8 heteroatoms. The normalized spacial score (nSPS) is 34.7. The molecule has 1 aliphatic heterocycles. The van der Waals surface area contributed by atoms with Crippen LogP contribution in [0.3, 0.4) is 0 Å². The molecule has 1 aromatic rings. The van der Waals surface area contributed by atoms with E-state index in [4.69, 9.17) is 4.74 Å². The van der Waals surface area contributed by atoms with Gasteiger partial charge in [-0.15, -0.1) is 0 Å². The first-order valence-electron chi connectivity index (χ1n) is 12.4. The van der Waals surface area contributed by atoms with Crippen molar-refractivity contribution in [1.82, 2.24) is 4.90 Å². The van der Waals surface area contributed by atoms with Crippen molar-refractivity contribution in [3.8, 4) is 0 Å². The summed E-state index contributed by atoms with van der Waals surface area (Å²) in [5, 5.41) is 12.9. The van der Waals surface area contributed by atoms with Gasteiger partial charge in [0.05, 0.1) is 11.5 Å². The number of hydrogen-bond acceptors (Lipinski definition) is 5. The van der Waals surface area contributed by atoms with E-state index in [0.717, 1.165) is 19.3 Å². The average Bonchev–Trinajstić information content (AvgIpc) is 3.16. The van der Waals surface area contributed by atoms with Gasteiger partial charge in [0.25, 0.3) is 5.91 Å². The third kappa shape index (κ3) is 4.21. The molecule has 5 fully saturated rings. The third-order valence-electron chi connectivity index (χ3n) is 8.41. The van der Waals surface area contributed by atoms with Gasteiger partial charge in [-0.05, 0) is 87.8 Å². The van der Waals surface area contributed by atoms with Gasteiger partial charge < -0.3 is 20.1 Å². The lowest BCUT2D eigenvalue weighted by Gasteiger charge is -2.56. The molecule has 2 N–H and O–H groups in total. The quantitative estimate of drug-likeness (QED) is 0.642. The van der Waals surface area contributed by atoms with Crippen LogP contribution in [0.2, 0.25) is 0 Å². The largest absolute Gasteiger partial charge is 0.451 e. The lowest BCUT2D eigenvalue weighted by atomic mass is 9.49. The molecule has 4 aliphatic carbocycles. The molecule has 0 unspecified atom stereocenters.